The molecule has 1 rings (SSSR count). The molecule has 0 saturated heterocycles. The van der Waals surface area contributed by atoms with Crippen molar-refractivity contribution in [3.8, 4) is 0 Å². The number of halogens is 2. The Morgan fingerprint density at radius 1 is 0.778 bits per heavy atom. The van der Waals surface area contributed by atoms with Crippen LogP contribution in [0, 0.1) is 0 Å². The number of aromatic nitrogens is 1. The van der Waals surface area contributed by atoms with Crippen LogP contribution in [0.3, 0.4) is 0 Å². The van der Waals surface area contributed by atoms with E-state index < -0.39 is 0 Å². The smallest absolute Gasteiger partial charge is 0.0267 e. The molecule has 1 nitrogen and oxygen atoms in total. The summed E-state index contributed by atoms with van der Waals surface area (Å²) in [4.78, 5) is 3.78. The second kappa shape index (κ2) is 10.1. The zero-order valence-electron chi connectivity index (χ0n) is 4.73. The molecule has 0 aromatic carbocycles. The molecule has 0 spiro atoms. The van der Waals surface area contributed by atoms with E-state index in [1.807, 2.05) is 18.2 Å². The number of hydrogen-bond donors (Lipinski definition) is 0. The lowest BCUT2D eigenvalue weighted by Crippen LogP contribution is -1.58. The van der Waals surface area contributed by atoms with E-state index >= 15 is 0 Å². The summed E-state index contributed by atoms with van der Waals surface area (Å²) in [6, 6.07) is 5.72. The van der Waals surface area contributed by atoms with Crippen molar-refractivity contribution in [2.45, 2.75) is 0 Å². The van der Waals surface area contributed by atoms with Gasteiger partial charge in [-0.2, -0.15) is 0 Å². The molecule has 1 heterocycles. The predicted molar refractivity (Wildman–Crippen MR) is 35.0 cm³/mol. The first-order chi connectivity index (χ1) is 3.00. The topological polar surface area (TPSA) is 12.9 Å². The standard InChI is InChI=1S/C5H5N.B.2FH/c1-2-4-6-5-3-1;;;/h1-5H;;2*1H. The van der Waals surface area contributed by atoms with Gasteiger partial charge in [-0.25, -0.2) is 0 Å². The van der Waals surface area contributed by atoms with Gasteiger partial charge >= 0.3 is 0 Å². The Morgan fingerprint density at radius 2 is 1.22 bits per heavy atom. The predicted octanol–water partition coefficient (Wildman–Crippen LogP) is 1.01. The molecule has 0 unspecified atom stereocenters. The Kier molecular flexibility index (Phi) is 17.7. The quantitative estimate of drug-likeness (QED) is 0.477. The van der Waals surface area contributed by atoms with E-state index in [1.54, 1.807) is 12.4 Å². The molecule has 0 amide bonds. The minimum atomic E-state index is 0. The van der Waals surface area contributed by atoms with E-state index in [0.29, 0.717) is 0 Å². The number of nitrogens with zero attached hydrogens (tertiary/aromatic N) is 1. The molecule has 0 fully saturated rings. The highest BCUT2D eigenvalue weighted by Crippen LogP contribution is 1.73. The molecule has 1 aromatic heterocycles. The van der Waals surface area contributed by atoms with Crippen LogP contribution in [0.5, 0.6) is 0 Å². The summed E-state index contributed by atoms with van der Waals surface area (Å²) in [5.74, 6) is 0. The summed E-state index contributed by atoms with van der Waals surface area (Å²) >= 11 is 0. The van der Waals surface area contributed by atoms with Crippen molar-refractivity contribution in [1.29, 1.82) is 0 Å². The third-order valence-corrected chi connectivity index (χ3v) is 0.566. The van der Waals surface area contributed by atoms with Crippen LogP contribution in [0.4, 0.5) is 9.41 Å². The zero-order valence-corrected chi connectivity index (χ0v) is 4.73. The monoisotopic (exact) mass is 130 g/mol. The summed E-state index contributed by atoms with van der Waals surface area (Å²) in [6.07, 6.45) is 3.50. The Morgan fingerprint density at radius 3 is 1.33 bits per heavy atom. The first-order valence-corrected chi connectivity index (χ1v) is 1.85. The van der Waals surface area contributed by atoms with Gasteiger partial charge in [-0.05, 0) is 12.1 Å². The van der Waals surface area contributed by atoms with Crippen LogP contribution in [0.2, 0.25) is 0 Å². The van der Waals surface area contributed by atoms with Crippen LogP contribution in [0.1, 0.15) is 0 Å². The summed E-state index contributed by atoms with van der Waals surface area (Å²) in [5, 5.41) is 0. The van der Waals surface area contributed by atoms with E-state index in [9.17, 15) is 0 Å². The average molecular weight is 130 g/mol. The van der Waals surface area contributed by atoms with Crippen LogP contribution in [0.25, 0.3) is 0 Å². The largest absolute Gasteiger partial charge is 0.269 e. The first-order valence-electron chi connectivity index (χ1n) is 1.85. The first kappa shape index (κ1) is 15.7. The second-order valence-electron chi connectivity index (χ2n) is 1.02. The summed E-state index contributed by atoms with van der Waals surface area (Å²) < 4.78 is 0. The van der Waals surface area contributed by atoms with Crippen LogP contribution in [-0.4, -0.2) is 13.4 Å². The average Bonchev–Trinajstić information content (AvgIpc) is 1.72. The van der Waals surface area contributed by atoms with Gasteiger partial charge < -0.3 is 0 Å². The van der Waals surface area contributed by atoms with Crippen LogP contribution >= 0.6 is 0 Å². The molecule has 49 valence electrons. The number of pyridine rings is 1. The molecule has 0 aliphatic heterocycles. The SMILES string of the molecule is F.F.[B].c1ccncc1. The van der Waals surface area contributed by atoms with Crippen molar-refractivity contribution in [3.63, 3.8) is 0 Å². The Hall–Kier alpha value is -0.925. The highest BCUT2D eigenvalue weighted by atomic mass is 19.0. The van der Waals surface area contributed by atoms with Crippen molar-refractivity contribution in [3.05, 3.63) is 30.6 Å². The zero-order chi connectivity index (χ0) is 4.24. The van der Waals surface area contributed by atoms with E-state index in [2.05, 4.69) is 4.98 Å². The van der Waals surface area contributed by atoms with Gasteiger partial charge in [0.15, 0.2) is 0 Å². The van der Waals surface area contributed by atoms with E-state index in [1.165, 1.54) is 0 Å². The highest BCUT2D eigenvalue weighted by Gasteiger charge is 1.58. The molecular formula is C5H7BF2N. The van der Waals surface area contributed by atoms with E-state index in [0.717, 1.165) is 0 Å². The molecule has 1 aromatic rings. The molecule has 0 bridgehead atoms. The van der Waals surface area contributed by atoms with Gasteiger partial charge in [0.05, 0.1) is 0 Å². The fraction of sp³-hybridized carbons (Fsp3) is 0. The number of hydrogen-bond acceptors (Lipinski definition) is 1. The summed E-state index contributed by atoms with van der Waals surface area (Å²) in [6.45, 7) is 0. The molecule has 9 heavy (non-hydrogen) atoms. The van der Waals surface area contributed by atoms with Gasteiger partial charge in [-0.15, -0.1) is 0 Å². The van der Waals surface area contributed by atoms with Crippen molar-refractivity contribution < 1.29 is 9.41 Å². The van der Waals surface area contributed by atoms with Gasteiger partial charge in [0.2, 0.25) is 0 Å². The third-order valence-electron chi connectivity index (χ3n) is 0.566. The Balaban J connectivity index is -0.000000120. The maximum Gasteiger partial charge on any atom is 0.0267 e. The lowest BCUT2D eigenvalue weighted by molar-refractivity contribution is 1.11. The molecule has 0 aliphatic carbocycles. The van der Waals surface area contributed by atoms with Gasteiger partial charge in [0, 0.05) is 20.8 Å². The van der Waals surface area contributed by atoms with Crippen LogP contribution in [0.15, 0.2) is 30.6 Å². The van der Waals surface area contributed by atoms with Gasteiger partial charge in [0.25, 0.3) is 0 Å². The molecule has 0 aliphatic rings. The third kappa shape index (κ3) is 7.07. The van der Waals surface area contributed by atoms with Crippen molar-refractivity contribution in [2.75, 3.05) is 0 Å². The van der Waals surface area contributed by atoms with E-state index in [4.69, 9.17) is 0 Å². The van der Waals surface area contributed by atoms with Crippen LogP contribution < -0.4 is 0 Å². The summed E-state index contributed by atoms with van der Waals surface area (Å²) in [7, 11) is 0. The molecule has 0 saturated carbocycles. The molecule has 0 atom stereocenters. The lowest BCUT2D eigenvalue weighted by atomic mass is 10.5. The van der Waals surface area contributed by atoms with Gasteiger partial charge in [0.1, 0.15) is 0 Å². The van der Waals surface area contributed by atoms with E-state index in [-0.39, 0.29) is 17.8 Å². The van der Waals surface area contributed by atoms with Gasteiger partial charge in [-0.3, -0.25) is 14.4 Å². The van der Waals surface area contributed by atoms with Crippen molar-refractivity contribution in [1.82, 2.24) is 4.98 Å². The maximum atomic E-state index is 3.78. The Labute approximate surface area is 54.4 Å². The summed E-state index contributed by atoms with van der Waals surface area (Å²) in [5.41, 5.74) is 0. The minimum absolute atomic E-state index is 0. The fourth-order valence-corrected chi connectivity index (χ4v) is 0.313. The molecule has 4 heteroatoms. The lowest BCUT2D eigenvalue weighted by Gasteiger charge is -1.70. The number of rotatable bonds is 0. The Bertz CT molecular complexity index is 86.9. The molecule has 3 radical (unpaired) electrons. The van der Waals surface area contributed by atoms with Crippen molar-refractivity contribution >= 4 is 8.41 Å². The highest BCUT2D eigenvalue weighted by molar-refractivity contribution is 5.75. The maximum absolute atomic E-state index is 3.78. The second-order valence-corrected chi connectivity index (χ2v) is 1.02. The van der Waals surface area contributed by atoms with Crippen LogP contribution in [-0.2, 0) is 0 Å². The minimum Gasteiger partial charge on any atom is -0.269 e. The van der Waals surface area contributed by atoms with Crippen molar-refractivity contribution in [2.24, 2.45) is 0 Å². The fourth-order valence-electron chi connectivity index (χ4n) is 0.313. The normalized spacial score (nSPS) is 5.33. The molecular weight excluding hydrogens is 123 g/mol. The molecule has 0 N–H and O–H groups in total. The van der Waals surface area contributed by atoms with Gasteiger partial charge in [-0.1, -0.05) is 6.07 Å².